The van der Waals surface area contributed by atoms with Crippen LogP contribution in [0, 0.1) is 11.7 Å². The van der Waals surface area contributed by atoms with Crippen molar-refractivity contribution in [1.82, 2.24) is 8.87 Å². The van der Waals surface area contributed by atoms with E-state index >= 15 is 0 Å². The second-order valence-electron chi connectivity index (χ2n) is 7.37. The standard InChI is InChI=1S/C20H19BrFN3O5S/c1-24-17-7-5-14(10-18(17)30-20(24)27)31(28,29)25-8-2-3-12(11-25)19(26)23-16-6-4-13(21)9-15(16)22/h4-7,9-10,12H,2-3,8,11H2,1H3,(H,23,26)/t12-/m1/s1. The van der Waals surface area contributed by atoms with Gasteiger partial charge < -0.3 is 9.73 Å². The molecule has 2 aromatic carbocycles. The van der Waals surface area contributed by atoms with Crippen LogP contribution in [0.5, 0.6) is 0 Å². The number of carbonyl (C=O) groups is 1. The number of halogens is 2. The predicted molar refractivity (Wildman–Crippen MR) is 116 cm³/mol. The molecule has 1 amide bonds. The fourth-order valence-electron chi connectivity index (χ4n) is 3.62. The molecule has 1 N–H and O–H groups in total. The first-order valence-corrected chi connectivity index (χ1v) is 11.8. The van der Waals surface area contributed by atoms with Crippen molar-refractivity contribution in [2.75, 3.05) is 18.4 Å². The van der Waals surface area contributed by atoms with Crippen molar-refractivity contribution in [3.8, 4) is 0 Å². The molecular formula is C20H19BrFN3O5S. The monoisotopic (exact) mass is 511 g/mol. The van der Waals surface area contributed by atoms with Gasteiger partial charge in [0.1, 0.15) is 5.82 Å². The van der Waals surface area contributed by atoms with Crippen molar-refractivity contribution in [3.63, 3.8) is 0 Å². The third kappa shape index (κ3) is 4.17. The van der Waals surface area contributed by atoms with Crippen LogP contribution in [0.25, 0.3) is 11.1 Å². The third-order valence-electron chi connectivity index (χ3n) is 5.35. The van der Waals surface area contributed by atoms with E-state index < -0.39 is 33.4 Å². The molecule has 1 atom stereocenters. The van der Waals surface area contributed by atoms with Crippen LogP contribution in [0.3, 0.4) is 0 Å². The number of nitrogens with zero attached hydrogens (tertiary/aromatic N) is 2. The minimum atomic E-state index is -3.91. The van der Waals surface area contributed by atoms with E-state index in [1.807, 2.05) is 0 Å². The van der Waals surface area contributed by atoms with E-state index in [1.54, 1.807) is 6.07 Å². The molecule has 0 saturated carbocycles. The number of aromatic nitrogens is 1. The Kier molecular flexibility index (Phi) is 5.75. The molecule has 3 aromatic rings. The van der Waals surface area contributed by atoms with Crippen LogP contribution >= 0.6 is 15.9 Å². The molecular weight excluding hydrogens is 493 g/mol. The molecule has 31 heavy (non-hydrogen) atoms. The lowest BCUT2D eigenvalue weighted by Crippen LogP contribution is -2.43. The lowest BCUT2D eigenvalue weighted by molar-refractivity contribution is -0.120. The number of hydrogen-bond donors (Lipinski definition) is 1. The first-order chi connectivity index (χ1) is 14.7. The van der Waals surface area contributed by atoms with E-state index in [9.17, 15) is 22.4 Å². The van der Waals surface area contributed by atoms with Crippen LogP contribution < -0.4 is 11.1 Å². The van der Waals surface area contributed by atoms with Gasteiger partial charge >= 0.3 is 5.76 Å². The molecule has 0 radical (unpaired) electrons. The second kappa shape index (κ2) is 8.21. The minimum Gasteiger partial charge on any atom is -0.408 e. The molecule has 1 saturated heterocycles. The highest BCUT2D eigenvalue weighted by Crippen LogP contribution is 2.27. The van der Waals surface area contributed by atoms with Gasteiger partial charge in [-0.05, 0) is 43.2 Å². The number of carbonyl (C=O) groups excluding carboxylic acids is 1. The summed E-state index contributed by atoms with van der Waals surface area (Å²) < 4.78 is 48.5. The maximum absolute atomic E-state index is 14.0. The number of sulfonamides is 1. The molecule has 1 fully saturated rings. The van der Waals surface area contributed by atoms with Gasteiger partial charge in [0.25, 0.3) is 0 Å². The average Bonchev–Trinajstić information content (AvgIpc) is 3.03. The van der Waals surface area contributed by atoms with Crippen LogP contribution in [0.2, 0.25) is 0 Å². The second-order valence-corrected chi connectivity index (χ2v) is 10.2. The molecule has 1 aliphatic heterocycles. The van der Waals surface area contributed by atoms with E-state index in [1.165, 1.54) is 46.3 Å². The van der Waals surface area contributed by atoms with Crippen molar-refractivity contribution in [3.05, 3.63) is 57.2 Å². The zero-order valence-electron chi connectivity index (χ0n) is 16.5. The minimum absolute atomic E-state index is 0.0191. The third-order valence-corrected chi connectivity index (χ3v) is 7.70. The zero-order chi connectivity index (χ0) is 22.3. The largest absolute Gasteiger partial charge is 0.419 e. The lowest BCUT2D eigenvalue weighted by Gasteiger charge is -2.31. The predicted octanol–water partition coefficient (Wildman–Crippen LogP) is 3.07. The smallest absolute Gasteiger partial charge is 0.408 e. The lowest BCUT2D eigenvalue weighted by atomic mass is 9.98. The number of amides is 1. The topological polar surface area (TPSA) is 102 Å². The Labute approximate surface area is 185 Å². The number of fused-ring (bicyclic) bond motifs is 1. The molecule has 0 unspecified atom stereocenters. The quantitative estimate of drug-likeness (QED) is 0.579. The van der Waals surface area contributed by atoms with Gasteiger partial charge in [-0.15, -0.1) is 0 Å². The van der Waals surface area contributed by atoms with Crippen molar-refractivity contribution in [1.29, 1.82) is 0 Å². The van der Waals surface area contributed by atoms with Crippen LogP contribution in [-0.2, 0) is 21.9 Å². The zero-order valence-corrected chi connectivity index (χ0v) is 18.9. The number of oxazole rings is 1. The number of piperidine rings is 1. The van der Waals surface area contributed by atoms with Crippen molar-refractivity contribution < 1.29 is 22.0 Å². The Morgan fingerprint density at radius 1 is 1.26 bits per heavy atom. The Hall–Kier alpha value is -2.50. The highest BCUT2D eigenvalue weighted by Gasteiger charge is 2.34. The van der Waals surface area contributed by atoms with Gasteiger partial charge in [-0.2, -0.15) is 4.31 Å². The summed E-state index contributed by atoms with van der Waals surface area (Å²) in [6.07, 6.45) is 0.978. The molecule has 0 bridgehead atoms. The molecule has 11 heteroatoms. The van der Waals surface area contributed by atoms with Gasteiger partial charge in [0.15, 0.2) is 5.58 Å². The normalized spacial score (nSPS) is 17.7. The Morgan fingerprint density at radius 3 is 2.77 bits per heavy atom. The Balaban J connectivity index is 1.54. The van der Waals surface area contributed by atoms with E-state index in [4.69, 9.17) is 4.42 Å². The molecule has 164 valence electrons. The molecule has 2 heterocycles. The number of aryl methyl sites for hydroxylation is 1. The summed E-state index contributed by atoms with van der Waals surface area (Å²) in [5.74, 6) is -2.23. The number of benzene rings is 2. The maximum atomic E-state index is 14.0. The number of rotatable bonds is 4. The van der Waals surface area contributed by atoms with Crippen LogP contribution in [-0.4, -0.2) is 36.3 Å². The maximum Gasteiger partial charge on any atom is 0.419 e. The number of hydrogen-bond acceptors (Lipinski definition) is 5. The van der Waals surface area contributed by atoms with Crippen molar-refractivity contribution in [2.45, 2.75) is 17.7 Å². The van der Waals surface area contributed by atoms with Gasteiger partial charge in [-0.3, -0.25) is 9.36 Å². The van der Waals surface area contributed by atoms with Crippen molar-refractivity contribution >= 4 is 48.6 Å². The summed E-state index contributed by atoms with van der Waals surface area (Å²) in [6, 6.07) is 8.52. The van der Waals surface area contributed by atoms with Gasteiger partial charge in [-0.25, -0.2) is 17.6 Å². The van der Waals surface area contributed by atoms with E-state index in [0.29, 0.717) is 22.8 Å². The van der Waals surface area contributed by atoms with E-state index in [2.05, 4.69) is 21.2 Å². The Morgan fingerprint density at radius 2 is 2.03 bits per heavy atom. The summed E-state index contributed by atoms with van der Waals surface area (Å²) in [7, 11) is -2.38. The summed E-state index contributed by atoms with van der Waals surface area (Å²) in [6.45, 7) is 0.235. The van der Waals surface area contributed by atoms with E-state index in [-0.39, 0.29) is 29.3 Å². The van der Waals surface area contributed by atoms with Crippen molar-refractivity contribution in [2.24, 2.45) is 13.0 Å². The van der Waals surface area contributed by atoms with Gasteiger partial charge in [-0.1, -0.05) is 15.9 Å². The summed E-state index contributed by atoms with van der Waals surface area (Å²) in [5, 5.41) is 2.54. The summed E-state index contributed by atoms with van der Waals surface area (Å²) in [4.78, 5) is 24.3. The fourth-order valence-corrected chi connectivity index (χ4v) is 5.50. The fraction of sp³-hybridized carbons (Fsp3) is 0.300. The van der Waals surface area contributed by atoms with Crippen LogP contribution in [0.15, 0.2) is 55.0 Å². The van der Waals surface area contributed by atoms with Gasteiger partial charge in [0.2, 0.25) is 15.9 Å². The van der Waals surface area contributed by atoms with Gasteiger partial charge in [0.05, 0.1) is 22.0 Å². The molecule has 0 spiro atoms. The number of anilines is 1. The molecule has 8 nitrogen and oxygen atoms in total. The molecule has 0 aliphatic carbocycles. The molecule has 1 aliphatic rings. The Bertz CT molecular complexity index is 1330. The highest BCUT2D eigenvalue weighted by molar-refractivity contribution is 9.10. The summed E-state index contributed by atoms with van der Waals surface area (Å²) in [5.41, 5.74) is 0.694. The highest BCUT2D eigenvalue weighted by atomic mass is 79.9. The molecule has 4 rings (SSSR count). The van der Waals surface area contributed by atoms with E-state index in [0.717, 1.165) is 0 Å². The SMILES string of the molecule is Cn1c(=O)oc2cc(S(=O)(=O)N3CCC[C@@H](C(=O)Nc4ccc(Br)cc4F)C3)ccc21. The molecule has 1 aromatic heterocycles. The van der Waals surface area contributed by atoms with Crippen LogP contribution in [0.1, 0.15) is 12.8 Å². The van der Waals surface area contributed by atoms with Crippen LogP contribution in [0.4, 0.5) is 10.1 Å². The van der Waals surface area contributed by atoms with Gasteiger partial charge in [0, 0.05) is 30.7 Å². The average molecular weight is 512 g/mol. The summed E-state index contributed by atoms with van der Waals surface area (Å²) >= 11 is 3.16. The first kappa shape index (κ1) is 21.7. The number of nitrogens with one attached hydrogen (secondary N) is 1. The first-order valence-electron chi connectivity index (χ1n) is 9.52.